The van der Waals surface area contributed by atoms with E-state index < -0.39 is 0 Å². The number of nitrogens with zero attached hydrogens (tertiary/aromatic N) is 1. The van der Waals surface area contributed by atoms with Gasteiger partial charge in [-0.15, -0.1) is 0 Å². The minimum Gasteiger partial charge on any atom is -0.483 e. The lowest BCUT2D eigenvalue weighted by molar-refractivity contribution is -0.135. The smallest absolute Gasteiger partial charge is 0.261 e. The molecule has 2 amide bonds. The van der Waals surface area contributed by atoms with Crippen molar-refractivity contribution in [2.24, 2.45) is 0 Å². The summed E-state index contributed by atoms with van der Waals surface area (Å²) in [7, 11) is 0. The van der Waals surface area contributed by atoms with Crippen LogP contribution in [0.4, 0.5) is 5.69 Å². The maximum absolute atomic E-state index is 12.8. The van der Waals surface area contributed by atoms with Gasteiger partial charge in [0.25, 0.3) is 5.91 Å². The number of benzene rings is 2. The summed E-state index contributed by atoms with van der Waals surface area (Å²) in [5.74, 6) is 0.464. The third-order valence-corrected chi connectivity index (χ3v) is 5.39. The van der Waals surface area contributed by atoms with E-state index in [0.29, 0.717) is 12.3 Å². The molecule has 148 valence electrons. The van der Waals surface area contributed by atoms with Gasteiger partial charge in [0, 0.05) is 23.8 Å². The van der Waals surface area contributed by atoms with Gasteiger partial charge in [0.15, 0.2) is 6.61 Å². The minimum absolute atomic E-state index is 0.00809. The third-order valence-electron chi connectivity index (χ3n) is 5.39. The first kappa shape index (κ1) is 19.9. The Labute approximate surface area is 166 Å². The Morgan fingerprint density at radius 3 is 2.57 bits per heavy atom. The van der Waals surface area contributed by atoms with Crippen LogP contribution < -0.4 is 10.1 Å². The summed E-state index contributed by atoms with van der Waals surface area (Å²) in [5.41, 5.74) is 2.64. The topological polar surface area (TPSA) is 58.6 Å². The highest BCUT2D eigenvalue weighted by Gasteiger charge is 2.25. The zero-order valence-electron chi connectivity index (χ0n) is 16.8. The van der Waals surface area contributed by atoms with Gasteiger partial charge in [-0.25, -0.2) is 0 Å². The molecule has 1 aliphatic heterocycles. The zero-order valence-corrected chi connectivity index (χ0v) is 16.8. The maximum atomic E-state index is 12.8. The molecule has 0 saturated heterocycles. The number of ether oxygens (including phenoxy) is 1. The van der Waals surface area contributed by atoms with E-state index in [0.717, 1.165) is 29.7 Å². The van der Waals surface area contributed by atoms with Crippen LogP contribution in [0.25, 0.3) is 0 Å². The predicted molar refractivity (Wildman–Crippen MR) is 110 cm³/mol. The number of hydrogen-bond acceptors (Lipinski definition) is 3. The van der Waals surface area contributed by atoms with Gasteiger partial charge in [-0.3, -0.25) is 9.59 Å². The second-order valence-electron chi connectivity index (χ2n) is 7.25. The van der Waals surface area contributed by atoms with Crippen molar-refractivity contribution >= 4 is 17.5 Å². The van der Waals surface area contributed by atoms with E-state index in [1.165, 1.54) is 0 Å². The Morgan fingerprint density at radius 1 is 1.14 bits per heavy atom. The zero-order chi connectivity index (χ0) is 20.1. The lowest BCUT2D eigenvalue weighted by Crippen LogP contribution is -2.39. The van der Waals surface area contributed by atoms with Crippen LogP contribution in [0, 0.1) is 0 Å². The average molecular weight is 380 g/mol. The largest absolute Gasteiger partial charge is 0.483 e. The highest BCUT2D eigenvalue weighted by Crippen LogP contribution is 2.29. The molecule has 5 heteroatoms. The van der Waals surface area contributed by atoms with Crippen LogP contribution in [-0.4, -0.2) is 29.4 Å². The lowest BCUT2D eigenvalue weighted by atomic mass is 9.95. The van der Waals surface area contributed by atoms with Crippen LogP contribution in [0.2, 0.25) is 0 Å². The summed E-state index contributed by atoms with van der Waals surface area (Å²) in [6.45, 7) is 6.66. The number of carbonyl (C=O) groups excluding carboxylic acids is 2. The van der Waals surface area contributed by atoms with Crippen molar-refractivity contribution in [3.8, 4) is 5.75 Å². The van der Waals surface area contributed by atoms with Crippen LogP contribution in [-0.2, 0) is 16.1 Å². The van der Waals surface area contributed by atoms with Crippen molar-refractivity contribution in [2.45, 2.75) is 52.1 Å². The van der Waals surface area contributed by atoms with Crippen LogP contribution >= 0.6 is 0 Å². The number of fused-ring (bicyclic) bond motifs is 1. The van der Waals surface area contributed by atoms with Crippen molar-refractivity contribution in [3.05, 3.63) is 59.7 Å². The molecule has 0 radical (unpaired) electrons. The van der Waals surface area contributed by atoms with Crippen molar-refractivity contribution in [1.29, 1.82) is 0 Å². The van der Waals surface area contributed by atoms with Crippen LogP contribution in [0.3, 0.4) is 0 Å². The van der Waals surface area contributed by atoms with Gasteiger partial charge in [-0.05, 0) is 43.5 Å². The van der Waals surface area contributed by atoms with Crippen molar-refractivity contribution in [2.75, 3.05) is 11.9 Å². The monoisotopic (exact) mass is 380 g/mol. The van der Waals surface area contributed by atoms with Gasteiger partial charge in [0.05, 0.1) is 5.92 Å². The minimum atomic E-state index is -0.200. The normalized spacial score (nSPS) is 15.8. The number of rotatable bonds is 6. The fourth-order valence-corrected chi connectivity index (χ4v) is 3.52. The molecule has 2 aromatic carbocycles. The number of amides is 2. The number of carbonyl (C=O) groups is 2. The molecule has 1 aliphatic rings. The standard InChI is InChI=1S/C23H28N2O3/c1-4-16(3)25-14-18-13-19(11-12-21(18)28-15-22(25)26)24-23(27)20(5-2)17-9-7-6-8-10-17/h6-13,16,20H,4-5,14-15H2,1-3H3,(H,24,27)/t16-,20-/m1/s1. The first-order chi connectivity index (χ1) is 13.5. The van der Waals surface area contributed by atoms with Crippen molar-refractivity contribution in [1.82, 2.24) is 4.90 Å². The maximum Gasteiger partial charge on any atom is 0.261 e. The highest BCUT2D eigenvalue weighted by molar-refractivity contribution is 5.96. The molecular weight excluding hydrogens is 352 g/mol. The quantitative estimate of drug-likeness (QED) is 0.811. The average Bonchev–Trinajstić information content (AvgIpc) is 2.87. The molecule has 0 saturated carbocycles. The van der Waals surface area contributed by atoms with Gasteiger partial charge < -0.3 is 15.0 Å². The van der Waals surface area contributed by atoms with Gasteiger partial charge in [0.1, 0.15) is 5.75 Å². The molecule has 0 bridgehead atoms. The van der Waals surface area contributed by atoms with Gasteiger partial charge in [-0.1, -0.05) is 44.2 Å². The third kappa shape index (κ3) is 4.35. The molecule has 2 atom stereocenters. The molecule has 0 aromatic heterocycles. The molecule has 5 nitrogen and oxygen atoms in total. The van der Waals surface area contributed by atoms with E-state index in [-0.39, 0.29) is 30.4 Å². The molecule has 0 aliphatic carbocycles. The molecule has 0 unspecified atom stereocenters. The van der Waals surface area contributed by atoms with Gasteiger partial charge in [0.2, 0.25) is 5.91 Å². The van der Waals surface area contributed by atoms with E-state index in [4.69, 9.17) is 4.74 Å². The summed E-state index contributed by atoms with van der Waals surface area (Å²) >= 11 is 0. The van der Waals surface area contributed by atoms with E-state index >= 15 is 0 Å². The Balaban J connectivity index is 1.79. The molecule has 0 fully saturated rings. The summed E-state index contributed by atoms with van der Waals surface area (Å²) in [6, 6.07) is 15.5. The van der Waals surface area contributed by atoms with E-state index in [1.54, 1.807) is 0 Å². The van der Waals surface area contributed by atoms with Gasteiger partial charge >= 0.3 is 0 Å². The first-order valence-electron chi connectivity index (χ1n) is 9.94. The first-order valence-corrected chi connectivity index (χ1v) is 9.94. The van der Waals surface area contributed by atoms with Gasteiger partial charge in [-0.2, -0.15) is 0 Å². The predicted octanol–water partition coefficient (Wildman–Crippen LogP) is 4.34. The molecule has 2 aromatic rings. The van der Waals surface area contributed by atoms with Crippen LogP contribution in [0.5, 0.6) is 5.75 Å². The highest BCUT2D eigenvalue weighted by atomic mass is 16.5. The fraction of sp³-hybridized carbons (Fsp3) is 0.391. The van der Waals surface area contributed by atoms with E-state index in [2.05, 4.69) is 12.2 Å². The SMILES string of the molecule is CC[C@@H](C)N1Cc2cc(NC(=O)[C@H](CC)c3ccccc3)ccc2OCC1=O. The molecular formula is C23H28N2O3. The Kier molecular flexibility index (Phi) is 6.34. The van der Waals surface area contributed by atoms with Crippen molar-refractivity contribution < 1.29 is 14.3 Å². The summed E-state index contributed by atoms with van der Waals surface area (Å²) in [5, 5.41) is 3.03. The number of nitrogens with one attached hydrogen (secondary N) is 1. The Hall–Kier alpha value is -2.82. The Morgan fingerprint density at radius 2 is 1.89 bits per heavy atom. The molecule has 1 heterocycles. The Bertz CT molecular complexity index is 835. The molecule has 3 rings (SSSR count). The van der Waals surface area contributed by atoms with Crippen molar-refractivity contribution in [3.63, 3.8) is 0 Å². The molecule has 0 spiro atoms. The van der Waals surface area contributed by atoms with E-state index in [9.17, 15) is 9.59 Å². The number of hydrogen-bond donors (Lipinski definition) is 1. The van der Waals surface area contributed by atoms with E-state index in [1.807, 2.05) is 67.3 Å². The summed E-state index contributed by atoms with van der Waals surface area (Å²) in [6.07, 6.45) is 1.60. The molecule has 28 heavy (non-hydrogen) atoms. The summed E-state index contributed by atoms with van der Waals surface area (Å²) < 4.78 is 5.68. The van der Waals surface area contributed by atoms with Crippen LogP contribution in [0.15, 0.2) is 48.5 Å². The number of anilines is 1. The molecule has 1 N–H and O–H groups in total. The summed E-state index contributed by atoms with van der Waals surface area (Å²) in [4.78, 5) is 27.0. The second kappa shape index (κ2) is 8.91. The van der Waals surface area contributed by atoms with Crippen LogP contribution in [0.1, 0.15) is 50.7 Å². The lowest BCUT2D eigenvalue weighted by Gasteiger charge is -2.26. The second-order valence-corrected chi connectivity index (χ2v) is 7.25. The fourth-order valence-electron chi connectivity index (χ4n) is 3.52.